The van der Waals surface area contributed by atoms with E-state index in [0.717, 1.165) is 40.6 Å². The Morgan fingerprint density at radius 2 is 1.34 bits per heavy atom. The van der Waals surface area contributed by atoms with Crippen molar-refractivity contribution in [1.82, 2.24) is 5.32 Å². The lowest BCUT2D eigenvalue weighted by Gasteiger charge is -2.18. The molecular formula is C46H64N2O14S2. The van der Waals surface area contributed by atoms with Crippen molar-refractivity contribution in [3.63, 3.8) is 0 Å². The molecule has 0 spiro atoms. The van der Waals surface area contributed by atoms with Crippen LogP contribution in [0.15, 0.2) is 96.8 Å². The van der Waals surface area contributed by atoms with E-state index in [9.17, 15) is 41.4 Å². The molecule has 2 aromatic rings. The molecule has 354 valence electrons. The van der Waals surface area contributed by atoms with E-state index in [1.165, 1.54) is 19.1 Å². The lowest BCUT2D eigenvalue weighted by molar-refractivity contribution is -0.136. The number of nitrogens with one attached hydrogen (secondary N) is 1. The molecule has 2 aromatic carbocycles. The summed E-state index contributed by atoms with van der Waals surface area (Å²) in [6, 6.07) is 12.8. The van der Waals surface area contributed by atoms with Gasteiger partial charge < -0.3 is 34.0 Å². The van der Waals surface area contributed by atoms with Crippen LogP contribution in [0.1, 0.15) is 98.1 Å². The minimum Gasteiger partial charge on any atom is -0.475 e. The average Bonchev–Trinajstić information content (AvgIpc) is 3.89. The molecule has 3 heterocycles. The molecule has 16 nitrogen and oxygen atoms in total. The summed E-state index contributed by atoms with van der Waals surface area (Å²) in [5, 5.41) is 22.0. The van der Waals surface area contributed by atoms with Gasteiger partial charge in [-0.25, -0.2) is 9.79 Å². The smallest absolute Gasteiger partial charge is 0.334 e. The van der Waals surface area contributed by atoms with E-state index in [1.54, 1.807) is 36.4 Å². The summed E-state index contributed by atoms with van der Waals surface area (Å²) < 4.78 is 76.0. The SMILES string of the molecule is C/C(COS(=O)(=O)c1ccc(C)cc1)=C(\CCC1NC(C)(C)CO1)C1=NC(C)(C)CO1.C/C(COS(=O)(=O)c1ccc(C)cc1)=C(\CCC=O)C(O)O.CC1=C(CCC=O)C(=O)OC1. The van der Waals surface area contributed by atoms with E-state index in [0.29, 0.717) is 62.4 Å². The van der Waals surface area contributed by atoms with Crippen molar-refractivity contribution in [3.8, 4) is 0 Å². The number of aliphatic hydroxyl groups excluding tert-OH is 1. The Bertz CT molecular complexity index is 2280. The molecule has 1 saturated heterocycles. The van der Waals surface area contributed by atoms with Crippen LogP contribution in [0, 0.1) is 13.8 Å². The van der Waals surface area contributed by atoms with Crippen molar-refractivity contribution in [3.05, 3.63) is 93.1 Å². The Hall–Kier alpha value is -4.40. The number of cyclic esters (lactones) is 1. The van der Waals surface area contributed by atoms with Crippen LogP contribution in [-0.2, 0) is 57.2 Å². The maximum Gasteiger partial charge on any atom is 0.334 e. The van der Waals surface area contributed by atoms with Crippen LogP contribution in [0.3, 0.4) is 0 Å². The quantitative estimate of drug-likeness (QED) is 0.0492. The van der Waals surface area contributed by atoms with Gasteiger partial charge in [-0.15, -0.1) is 0 Å². The fraction of sp³-hybridized carbons (Fsp3) is 0.522. The summed E-state index contributed by atoms with van der Waals surface area (Å²) in [6.07, 6.45) is 2.21. The number of benzene rings is 2. The standard InChI is InChI=1S/C23H34N2O5S.C15H20O6S.C8H10O3/c1-16-7-9-18(10-8-16)31(26,27)30-13-17(2)19(21-25-23(5,6)15-29-21)11-12-20-24-22(3,4)14-28-20;1-11-5-7-13(8-6-11)22(19,20)21-10-12(2)14(15(17)18)4-3-9-16;1-6-5-11-8(10)7(6)3-2-4-9/h7-10,20,24H,11-15H2,1-6H3;5-9,15,17-18H,3-4,10H2,1-2H3;4H,2-3,5H2,1H3/b19-17-;14-12-;. The van der Waals surface area contributed by atoms with Gasteiger partial charge in [-0.2, -0.15) is 16.8 Å². The average molecular weight is 933 g/mol. The van der Waals surface area contributed by atoms with Crippen molar-refractivity contribution < 1.29 is 64.0 Å². The van der Waals surface area contributed by atoms with E-state index < -0.39 is 26.5 Å². The van der Waals surface area contributed by atoms with E-state index >= 15 is 0 Å². The van der Waals surface area contributed by atoms with Gasteiger partial charge in [-0.3, -0.25) is 13.7 Å². The molecule has 0 saturated carbocycles. The molecule has 1 fully saturated rings. The topological polar surface area (TPSA) is 230 Å². The molecule has 0 bridgehead atoms. The van der Waals surface area contributed by atoms with Gasteiger partial charge in [0.1, 0.15) is 32.0 Å². The van der Waals surface area contributed by atoms with E-state index in [1.807, 2.05) is 41.5 Å². The highest BCUT2D eigenvalue weighted by atomic mass is 32.2. The second kappa shape index (κ2) is 24.2. The lowest BCUT2D eigenvalue weighted by atomic mass is 10.0. The molecular weight excluding hydrogens is 869 g/mol. The van der Waals surface area contributed by atoms with E-state index in [4.69, 9.17) is 27.6 Å². The first-order valence-corrected chi connectivity index (χ1v) is 23.7. The molecule has 0 aliphatic carbocycles. The maximum atomic E-state index is 12.6. The van der Waals surface area contributed by atoms with Crippen LogP contribution in [0.2, 0.25) is 0 Å². The molecule has 5 rings (SSSR count). The minimum absolute atomic E-state index is 0.0323. The monoisotopic (exact) mass is 932 g/mol. The number of hydrogen-bond donors (Lipinski definition) is 3. The van der Waals surface area contributed by atoms with Gasteiger partial charge in [-0.1, -0.05) is 35.4 Å². The van der Waals surface area contributed by atoms with Gasteiger partial charge in [-0.05, 0) is 135 Å². The van der Waals surface area contributed by atoms with Gasteiger partial charge in [0, 0.05) is 29.5 Å². The van der Waals surface area contributed by atoms with Crippen molar-refractivity contribution >= 4 is 44.7 Å². The molecule has 18 heteroatoms. The van der Waals surface area contributed by atoms with Gasteiger partial charge in [0.05, 0.1) is 35.2 Å². The highest BCUT2D eigenvalue weighted by molar-refractivity contribution is 7.87. The number of carbonyl (C=O) groups is 3. The van der Waals surface area contributed by atoms with E-state index in [-0.39, 0.29) is 64.7 Å². The van der Waals surface area contributed by atoms with Crippen molar-refractivity contribution in [1.29, 1.82) is 0 Å². The third-order valence-electron chi connectivity index (χ3n) is 10.2. The molecule has 3 aliphatic rings. The molecule has 0 aromatic heterocycles. The molecule has 3 N–H and O–H groups in total. The van der Waals surface area contributed by atoms with Crippen molar-refractivity contribution in [2.75, 3.05) is 33.0 Å². The Balaban J connectivity index is 0.000000286. The first-order valence-electron chi connectivity index (χ1n) is 20.9. The number of esters is 1. The van der Waals surface area contributed by atoms with Gasteiger partial charge in [0.15, 0.2) is 6.29 Å². The zero-order valence-corrected chi connectivity index (χ0v) is 39.9. The predicted octanol–water partition coefficient (Wildman–Crippen LogP) is 5.87. The molecule has 3 aliphatic heterocycles. The second-order valence-electron chi connectivity index (χ2n) is 17.1. The normalized spacial score (nSPS) is 18.7. The number of aryl methyl sites for hydroxylation is 2. The molecule has 0 radical (unpaired) electrons. The number of aldehydes is 2. The lowest BCUT2D eigenvalue weighted by Crippen LogP contribution is -2.39. The predicted molar refractivity (Wildman–Crippen MR) is 240 cm³/mol. The Kier molecular flexibility index (Phi) is 20.4. The zero-order chi connectivity index (χ0) is 47.9. The maximum absolute atomic E-state index is 12.6. The first-order chi connectivity index (χ1) is 29.9. The summed E-state index contributed by atoms with van der Waals surface area (Å²) in [7, 11) is -7.77. The van der Waals surface area contributed by atoms with Crippen LogP contribution < -0.4 is 5.32 Å². The molecule has 1 atom stereocenters. The number of ether oxygens (including phenoxy) is 3. The van der Waals surface area contributed by atoms with Crippen LogP contribution >= 0.6 is 0 Å². The molecule has 64 heavy (non-hydrogen) atoms. The number of rotatable bonds is 19. The number of aliphatic imine (C=N–C) groups is 1. The highest BCUT2D eigenvalue weighted by Gasteiger charge is 2.33. The third-order valence-corrected chi connectivity index (χ3v) is 12.7. The van der Waals surface area contributed by atoms with Crippen LogP contribution in [0.4, 0.5) is 0 Å². The Morgan fingerprint density at radius 1 is 0.812 bits per heavy atom. The van der Waals surface area contributed by atoms with Crippen LogP contribution in [-0.4, -0.2) is 108 Å². The number of hydrogen-bond acceptors (Lipinski definition) is 16. The third kappa shape index (κ3) is 17.2. The first kappa shape index (κ1) is 53.9. The number of aliphatic hydroxyl groups is 2. The zero-order valence-electron chi connectivity index (χ0n) is 38.3. The summed E-state index contributed by atoms with van der Waals surface area (Å²) in [6.45, 7) is 18.4. The Labute approximate surface area is 378 Å². The van der Waals surface area contributed by atoms with Crippen molar-refractivity contribution in [2.45, 2.75) is 134 Å². The van der Waals surface area contributed by atoms with Gasteiger partial charge >= 0.3 is 5.97 Å². The number of nitrogens with zero attached hydrogens (tertiary/aromatic N) is 1. The molecule has 0 amide bonds. The fourth-order valence-corrected chi connectivity index (χ4v) is 8.25. The fourth-order valence-electron chi connectivity index (χ4n) is 6.38. The second-order valence-corrected chi connectivity index (χ2v) is 20.4. The molecule has 1 unspecified atom stereocenters. The number of carbonyl (C=O) groups excluding carboxylic acids is 3. The van der Waals surface area contributed by atoms with Crippen LogP contribution in [0.5, 0.6) is 0 Å². The van der Waals surface area contributed by atoms with Crippen LogP contribution in [0.25, 0.3) is 0 Å². The van der Waals surface area contributed by atoms with Gasteiger partial charge in [0.2, 0.25) is 5.90 Å². The summed E-state index contributed by atoms with van der Waals surface area (Å²) in [5.41, 5.74) is 5.39. The summed E-state index contributed by atoms with van der Waals surface area (Å²) in [4.78, 5) is 36.1. The summed E-state index contributed by atoms with van der Waals surface area (Å²) in [5.74, 6) is 0.306. The largest absolute Gasteiger partial charge is 0.475 e. The minimum atomic E-state index is -3.92. The summed E-state index contributed by atoms with van der Waals surface area (Å²) >= 11 is 0. The van der Waals surface area contributed by atoms with E-state index in [2.05, 4.69) is 19.2 Å². The van der Waals surface area contributed by atoms with Crippen molar-refractivity contribution in [2.24, 2.45) is 4.99 Å². The highest BCUT2D eigenvalue weighted by Crippen LogP contribution is 2.28. The van der Waals surface area contributed by atoms with Gasteiger partial charge in [0.25, 0.3) is 20.2 Å². The Morgan fingerprint density at radius 3 is 1.77 bits per heavy atom.